The molecule has 9 heteroatoms. The Morgan fingerprint density at radius 1 is 1.31 bits per heavy atom. The quantitative estimate of drug-likeness (QED) is 0.603. The van der Waals surface area contributed by atoms with Gasteiger partial charge in [-0.25, -0.2) is 8.42 Å². The third-order valence-corrected chi connectivity index (χ3v) is 6.09. The summed E-state index contributed by atoms with van der Waals surface area (Å²) in [7, 11) is -3.69. The number of ether oxygens (including phenoxy) is 2. The topological polar surface area (TPSA) is 84.9 Å². The minimum atomic E-state index is -3.69. The smallest absolute Gasteiger partial charge is 0.257 e. The lowest BCUT2D eigenvalue weighted by molar-refractivity contribution is -0.123. The summed E-state index contributed by atoms with van der Waals surface area (Å²) in [5.41, 5.74) is 0. The molecule has 0 unspecified atom stereocenters. The Hall–Kier alpha value is -1.35. The Morgan fingerprint density at radius 2 is 2.04 bits per heavy atom. The molecule has 1 N–H and O–H groups in total. The maximum absolute atomic E-state index is 12.8. The number of amides is 1. The number of nitrogens with one attached hydrogen (secondary N) is 1. The molecule has 1 aliphatic rings. The highest BCUT2D eigenvalue weighted by Crippen LogP contribution is 2.31. The first kappa shape index (κ1) is 21.0. The van der Waals surface area contributed by atoms with Crippen molar-refractivity contribution in [1.29, 1.82) is 0 Å². The number of hydrogen-bond acceptors (Lipinski definition) is 5. The molecule has 7 nitrogen and oxygen atoms in total. The van der Waals surface area contributed by atoms with Crippen LogP contribution >= 0.6 is 11.6 Å². The number of sulfonamides is 1. The summed E-state index contributed by atoms with van der Waals surface area (Å²) in [6.07, 6.45) is 2.37. The van der Waals surface area contributed by atoms with Gasteiger partial charge in [0.05, 0.1) is 0 Å². The van der Waals surface area contributed by atoms with Gasteiger partial charge in [0.1, 0.15) is 10.6 Å². The Morgan fingerprint density at radius 3 is 2.73 bits per heavy atom. The van der Waals surface area contributed by atoms with E-state index in [1.165, 1.54) is 16.4 Å². The molecule has 26 heavy (non-hydrogen) atoms. The first-order valence-electron chi connectivity index (χ1n) is 8.72. The zero-order valence-electron chi connectivity index (χ0n) is 14.9. The fraction of sp³-hybridized carbons (Fsp3) is 0.588. The molecule has 2 rings (SSSR count). The molecule has 1 saturated heterocycles. The van der Waals surface area contributed by atoms with E-state index in [0.29, 0.717) is 44.3 Å². The fourth-order valence-corrected chi connectivity index (χ4v) is 4.52. The fourth-order valence-electron chi connectivity index (χ4n) is 2.61. The van der Waals surface area contributed by atoms with Crippen molar-refractivity contribution >= 4 is 27.5 Å². The van der Waals surface area contributed by atoms with Crippen molar-refractivity contribution < 1.29 is 22.7 Å². The van der Waals surface area contributed by atoms with Crippen molar-refractivity contribution in [2.45, 2.75) is 31.1 Å². The molecule has 1 aliphatic heterocycles. The summed E-state index contributed by atoms with van der Waals surface area (Å²) >= 11 is 5.97. The highest BCUT2D eigenvalue weighted by Gasteiger charge is 2.30. The van der Waals surface area contributed by atoms with Gasteiger partial charge >= 0.3 is 0 Å². The zero-order chi connectivity index (χ0) is 19.0. The number of nitrogens with zero attached hydrogens (tertiary/aromatic N) is 1. The van der Waals surface area contributed by atoms with E-state index >= 15 is 0 Å². The van der Waals surface area contributed by atoms with Gasteiger partial charge in [-0.2, -0.15) is 4.31 Å². The number of halogens is 1. The number of carbonyl (C=O) groups excluding carboxylic acids is 1. The number of rotatable bonds is 10. The predicted molar refractivity (Wildman–Crippen MR) is 99.1 cm³/mol. The van der Waals surface area contributed by atoms with Gasteiger partial charge in [0, 0.05) is 37.9 Å². The van der Waals surface area contributed by atoms with E-state index in [0.717, 1.165) is 12.8 Å². The van der Waals surface area contributed by atoms with Gasteiger partial charge in [-0.1, -0.05) is 11.6 Å². The maximum Gasteiger partial charge on any atom is 0.257 e. The normalized spacial score (nSPS) is 15.2. The van der Waals surface area contributed by atoms with Crippen LogP contribution in [0, 0.1) is 0 Å². The molecule has 1 amide bonds. The summed E-state index contributed by atoms with van der Waals surface area (Å²) in [6, 6.07) is 4.39. The van der Waals surface area contributed by atoms with Gasteiger partial charge in [0.15, 0.2) is 6.61 Å². The van der Waals surface area contributed by atoms with E-state index in [-0.39, 0.29) is 23.2 Å². The lowest BCUT2D eigenvalue weighted by atomic mass is 10.3. The minimum Gasteiger partial charge on any atom is -0.482 e. The SMILES string of the molecule is CCOCCCNC(=O)COc1ccc(Cl)cc1S(=O)(=O)N1CCCC1. The molecule has 0 aliphatic carbocycles. The molecule has 1 aromatic carbocycles. The Bertz CT molecular complexity index is 705. The summed E-state index contributed by atoms with van der Waals surface area (Å²) in [6.45, 7) is 4.30. The van der Waals surface area contributed by atoms with E-state index in [4.69, 9.17) is 21.1 Å². The van der Waals surface area contributed by atoms with Crippen LogP contribution in [0.3, 0.4) is 0 Å². The van der Waals surface area contributed by atoms with Crippen molar-refractivity contribution in [3.63, 3.8) is 0 Å². The van der Waals surface area contributed by atoms with Crippen molar-refractivity contribution in [1.82, 2.24) is 9.62 Å². The molecule has 1 heterocycles. The molecule has 1 aromatic rings. The van der Waals surface area contributed by atoms with Crippen LogP contribution in [0.25, 0.3) is 0 Å². The van der Waals surface area contributed by atoms with E-state index in [1.54, 1.807) is 6.07 Å². The van der Waals surface area contributed by atoms with Gasteiger partial charge < -0.3 is 14.8 Å². The van der Waals surface area contributed by atoms with Crippen LogP contribution in [-0.2, 0) is 19.6 Å². The van der Waals surface area contributed by atoms with Crippen molar-refractivity contribution in [2.24, 2.45) is 0 Å². The van der Waals surface area contributed by atoms with E-state index in [1.807, 2.05) is 6.92 Å². The summed E-state index contributed by atoms with van der Waals surface area (Å²) < 4.78 is 37.7. The molecule has 0 aromatic heterocycles. The van der Waals surface area contributed by atoms with Gasteiger partial charge in [-0.15, -0.1) is 0 Å². The molecular formula is C17H25ClN2O5S. The van der Waals surface area contributed by atoms with Crippen LogP contribution < -0.4 is 10.1 Å². The van der Waals surface area contributed by atoms with Gasteiger partial charge in [0.25, 0.3) is 5.91 Å². The number of benzene rings is 1. The number of carbonyl (C=O) groups is 1. The second-order valence-corrected chi connectivity index (χ2v) is 8.23. The molecule has 0 bridgehead atoms. The third kappa shape index (κ3) is 5.84. The van der Waals surface area contributed by atoms with Crippen LogP contribution in [0.1, 0.15) is 26.2 Å². The number of hydrogen-bond donors (Lipinski definition) is 1. The van der Waals surface area contributed by atoms with E-state index in [2.05, 4.69) is 5.32 Å². The molecular weight excluding hydrogens is 380 g/mol. The summed E-state index contributed by atoms with van der Waals surface area (Å²) in [5, 5.41) is 3.01. The largest absolute Gasteiger partial charge is 0.482 e. The predicted octanol–water partition coefficient (Wildman–Crippen LogP) is 2.05. The lowest BCUT2D eigenvalue weighted by Crippen LogP contribution is -2.31. The average molecular weight is 405 g/mol. The van der Waals surface area contributed by atoms with Crippen LogP contribution in [-0.4, -0.2) is 58.1 Å². The molecule has 1 fully saturated rings. The zero-order valence-corrected chi connectivity index (χ0v) is 16.4. The Labute approximate surface area is 159 Å². The first-order valence-corrected chi connectivity index (χ1v) is 10.5. The highest BCUT2D eigenvalue weighted by atomic mass is 35.5. The Kier molecular flexibility index (Phi) is 8.15. The van der Waals surface area contributed by atoms with Crippen LogP contribution in [0.2, 0.25) is 5.02 Å². The third-order valence-electron chi connectivity index (χ3n) is 3.94. The van der Waals surface area contributed by atoms with E-state index in [9.17, 15) is 13.2 Å². The van der Waals surface area contributed by atoms with Crippen LogP contribution in [0.15, 0.2) is 23.1 Å². The van der Waals surface area contributed by atoms with Gasteiger partial charge in [0.2, 0.25) is 10.0 Å². The molecule has 0 radical (unpaired) electrons. The summed E-state index contributed by atoms with van der Waals surface area (Å²) in [5.74, 6) is -0.188. The van der Waals surface area contributed by atoms with Crippen molar-refractivity contribution in [3.8, 4) is 5.75 Å². The minimum absolute atomic E-state index is 0.00366. The van der Waals surface area contributed by atoms with Crippen LogP contribution in [0.4, 0.5) is 0 Å². The molecule has 0 spiro atoms. The van der Waals surface area contributed by atoms with E-state index < -0.39 is 10.0 Å². The van der Waals surface area contributed by atoms with Crippen molar-refractivity contribution in [2.75, 3.05) is 39.5 Å². The first-order chi connectivity index (χ1) is 12.4. The highest BCUT2D eigenvalue weighted by molar-refractivity contribution is 7.89. The van der Waals surface area contributed by atoms with Gasteiger partial charge in [-0.05, 0) is 44.4 Å². The van der Waals surface area contributed by atoms with Crippen molar-refractivity contribution in [3.05, 3.63) is 23.2 Å². The lowest BCUT2D eigenvalue weighted by Gasteiger charge is -2.18. The molecule has 146 valence electrons. The Balaban J connectivity index is 1.98. The second-order valence-electron chi connectivity index (χ2n) is 5.89. The molecule has 0 saturated carbocycles. The average Bonchev–Trinajstić information content (AvgIpc) is 3.16. The maximum atomic E-state index is 12.8. The second kappa shape index (κ2) is 10.1. The molecule has 0 atom stereocenters. The monoisotopic (exact) mass is 404 g/mol. The summed E-state index contributed by atoms with van der Waals surface area (Å²) in [4.78, 5) is 11.9. The van der Waals surface area contributed by atoms with Gasteiger partial charge in [-0.3, -0.25) is 4.79 Å². The standard InChI is InChI=1S/C17H25ClN2O5S/c1-2-24-11-5-8-19-17(21)13-25-15-7-6-14(18)12-16(15)26(22,23)20-9-3-4-10-20/h6-7,12H,2-5,8-11,13H2,1H3,(H,19,21). The van der Waals surface area contributed by atoms with Crippen LogP contribution in [0.5, 0.6) is 5.75 Å².